The highest BCUT2D eigenvalue weighted by molar-refractivity contribution is 6.82. The highest BCUT2D eigenvalue weighted by Gasteiger charge is 2.83. The first-order valence-corrected chi connectivity index (χ1v) is 33.0. The molecule has 28 aromatic carbocycles. The molecule has 398 valence electrons. The Labute approximate surface area is 487 Å². The number of unbranched alkanes of at least 4 members (excludes halogenated alkanes) is 5. The molecule has 2 atom stereocenters. The van der Waals surface area contributed by atoms with Crippen molar-refractivity contribution in [2.24, 2.45) is 0 Å². The number of rotatable bonds is 11. The summed E-state index contributed by atoms with van der Waals surface area (Å²) in [5, 5.41) is 77.3. The van der Waals surface area contributed by atoms with Gasteiger partial charge in [-0.1, -0.05) is 25.7 Å². The molecule has 88 heavy (non-hydrogen) atoms. The third kappa shape index (κ3) is 2.44. The minimum Gasteiger partial charge on any atom is -0.467 e. The van der Waals surface area contributed by atoms with E-state index in [1.807, 2.05) is 9.80 Å². The number of ether oxygens (including phenoxy) is 2. The fourth-order valence-corrected chi connectivity index (χ4v) is 28.5. The summed E-state index contributed by atoms with van der Waals surface area (Å²) >= 11 is 0. The van der Waals surface area contributed by atoms with Crippen LogP contribution in [-0.4, -0.2) is 72.9 Å². The van der Waals surface area contributed by atoms with Crippen molar-refractivity contribution >= 4 is 315 Å². The van der Waals surface area contributed by atoms with Gasteiger partial charge in [0.2, 0.25) is 11.8 Å². The van der Waals surface area contributed by atoms with Crippen molar-refractivity contribution in [1.29, 1.82) is 0 Å². The van der Waals surface area contributed by atoms with Crippen molar-refractivity contribution < 1.29 is 28.7 Å². The van der Waals surface area contributed by atoms with E-state index in [-0.39, 0.29) is 18.2 Å². The van der Waals surface area contributed by atoms with Crippen molar-refractivity contribution in [3.05, 3.63) is 22.3 Å². The second-order valence-electron chi connectivity index (χ2n) is 30.7. The van der Waals surface area contributed by atoms with Crippen molar-refractivity contribution in [3.8, 4) is 0 Å². The minimum atomic E-state index is -1.27. The number of hydrogen-bond acceptors (Lipinski definition) is 6. The Hall–Kier alpha value is -9.66. The molecule has 28 aromatic rings. The van der Waals surface area contributed by atoms with E-state index >= 15 is 14.4 Å². The van der Waals surface area contributed by atoms with Crippen LogP contribution in [0.3, 0.4) is 0 Å². The molecule has 2 saturated heterocycles. The Bertz CT molecular complexity index is 7300. The highest BCUT2D eigenvalue weighted by atomic mass is 16.5. The standard InChI is InChI=1S/C80H32N2O6/c1-87-77(85)75-79-71-63-55-45-35-27-19-17-18-21-25-23(19)31-39-33(25)43-37-29(21)30-22(18)26-24-20(17)28(27)36-42-32(24)40-34(26)44-38(30)48-47(37)57-51(43)61-53(39)59(49(55)41(31)35)67(71)69(61)73-65(57)66-58(48)52(44)62-54(40)60-50(42)56(46(36)45)64(63)72(79)68(60)70(62)74(66)80(73,79)76(78(86)88-2)82(75)16(84)12-8-6-4-3-5-7-11-15(83)81-13-9-10-14-81/h75-76H,3-14H2,1-2H3. The fourth-order valence-electron chi connectivity index (χ4n) is 28.5. The maximum absolute atomic E-state index is 16.8. The summed E-state index contributed by atoms with van der Waals surface area (Å²) in [4.78, 5) is 67.1. The van der Waals surface area contributed by atoms with Crippen molar-refractivity contribution in [1.82, 2.24) is 9.80 Å². The fraction of sp³-hybridized carbons (Fsp3) is 0.225. The summed E-state index contributed by atoms with van der Waals surface area (Å²) in [5.74, 6) is -0.773. The quantitative estimate of drug-likeness (QED) is 0.0728. The zero-order chi connectivity index (χ0) is 55.0. The van der Waals surface area contributed by atoms with Gasteiger partial charge < -0.3 is 19.3 Å². The van der Waals surface area contributed by atoms with Gasteiger partial charge in [0.05, 0.1) is 25.0 Å². The van der Waals surface area contributed by atoms with Crippen molar-refractivity contribution in [2.75, 3.05) is 27.3 Å². The van der Waals surface area contributed by atoms with Crippen LogP contribution >= 0.6 is 0 Å². The molecule has 0 aromatic heterocycles. The minimum absolute atomic E-state index is 0.168. The van der Waals surface area contributed by atoms with E-state index in [9.17, 15) is 4.79 Å². The number of amides is 2. The van der Waals surface area contributed by atoms with Gasteiger partial charge in [-0.2, -0.15) is 0 Å². The van der Waals surface area contributed by atoms with Crippen LogP contribution in [-0.2, 0) is 39.5 Å². The number of esters is 2. The lowest BCUT2D eigenvalue weighted by Crippen LogP contribution is -2.59. The monoisotopic (exact) mass is 1120 g/mol. The predicted octanol–water partition coefficient (Wildman–Crippen LogP) is 18.0. The van der Waals surface area contributed by atoms with Crippen LogP contribution in [0.25, 0.3) is 291 Å². The number of methoxy groups -OCH3 is 2. The van der Waals surface area contributed by atoms with E-state index in [0.29, 0.717) is 12.8 Å². The van der Waals surface area contributed by atoms with E-state index in [4.69, 9.17) is 9.47 Å². The first kappa shape index (κ1) is 38.5. The maximum Gasteiger partial charge on any atom is 0.329 e. The highest BCUT2D eigenvalue weighted by Crippen LogP contribution is 2.87. The largest absolute Gasteiger partial charge is 0.467 e. The van der Waals surface area contributed by atoms with E-state index in [2.05, 4.69) is 0 Å². The van der Waals surface area contributed by atoms with Crippen LogP contribution < -0.4 is 0 Å². The Morgan fingerprint density at radius 3 is 0.670 bits per heavy atom. The lowest BCUT2D eigenvalue weighted by molar-refractivity contribution is -0.159. The van der Waals surface area contributed by atoms with E-state index in [1.165, 1.54) is 317 Å². The van der Waals surface area contributed by atoms with Crippen LogP contribution in [0.15, 0.2) is 0 Å². The molecule has 0 radical (unpaired) electrons. The van der Waals surface area contributed by atoms with Gasteiger partial charge in [0.15, 0.2) is 0 Å². The lowest BCUT2D eigenvalue weighted by atomic mass is 9.46. The topological polar surface area (TPSA) is 93.2 Å². The van der Waals surface area contributed by atoms with Crippen LogP contribution in [0.5, 0.6) is 0 Å². The zero-order valence-electron chi connectivity index (χ0n) is 47.0. The van der Waals surface area contributed by atoms with Crippen LogP contribution in [0.2, 0.25) is 0 Å². The number of benzene rings is 18. The van der Waals surface area contributed by atoms with Crippen LogP contribution in [0.4, 0.5) is 0 Å². The molecule has 2 amide bonds. The second kappa shape index (κ2) is 9.81. The predicted molar refractivity (Wildman–Crippen MR) is 355 cm³/mol. The van der Waals surface area contributed by atoms with Gasteiger partial charge in [-0.3, -0.25) is 9.59 Å². The Balaban J connectivity index is 0.839. The number of nitrogens with zero attached hydrogens (tertiary/aromatic N) is 2. The third-order valence-electron chi connectivity index (χ3n) is 29.5. The SMILES string of the molecule is COC(=O)C1N(C(=O)CCCCCCCCC(=O)N2CCCC2)C(C(=O)OC)C23c4c5c6c7c8c9c(c%10c%11c2c2c4c4c%12c5c5c6c6c8c8c%13c9c9c%10c%10c%11c%11c2c2c4c4c%12c%12c5c5c6c8c6c8c%13c9c9c%10c%10c%11c2c2c4c4c%12c5c6c5c8c9c%10c2c45)C713. The molecule has 2 heterocycles. The maximum atomic E-state index is 16.8. The molecule has 0 bridgehead atoms. The number of carbonyl (C=O) groups excluding carboxylic acids is 4. The van der Waals surface area contributed by atoms with Gasteiger partial charge in [-0.25, -0.2) is 9.59 Å². The summed E-state index contributed by atoms with van der Waals surface area (Å²) < 4.78 is 12.9. The van der Waals surface area contributed by atoms with Crippen molar-refractivity contribution in [3.63, 3.8) is 0 Å². The van der Waals surface area contributed by atoms with Gasteiger partial charge in [-0.15, -0.1) is 0 Å². The van der Waals surface area contributed by atoms with Gasteiger partial charge in [0, 0.05) is 25.9 Å². The Kier molecular flexibility index (Phi) is 4.29. The number of carbonyl (C=O) groups is 4. The van der Waals surface area contributed by atoms with E-state index < -0.39 is 34.9 Å². The summed E-state index contributed by atoms with van der Waals surface area (Å²) in [6.07, 6.45) is 8.27. The van der Waals surface area contributed by atoms with Crippen molar-refractivity contribution in [2.45, 2.75) is 87.1 Å². The molecular formula is C80H32N2O6. The summed E-state index contributed by atoms with van der Waals surface area (Å²) in [5.41, 5.74) is 2.25. The normalized spacial score (nSPS) is 22.8. The average Bonchev–Trinajstić information content (AvgIpc) is 1.38. The first-order chi connectivity index (χ1) is 43.5. The first-order valence-electron chi connectivity index (χ1n) is 33.0. The lowest BCUT2D eigenvalue weighted by Gasteiger charge is -2.51. The molecule has 8 nitrogen and oxygen atoms in total. The second-order valence-corrected chi connectivity index (χ2v) is 30.7. The molecule has 6 aliphatic rings. The Morgan fingerprint density at radius 2 is 0.466 bits per heavy atom. The molecule has 4 aliphatic carbocycles. The summed E-state index contributed by atoms with van der Waals surface area (Å²) in [6.45, 7) is 1.78. The molecule has 2 unspecified atom stereocenters. The van der Waals surface area contributed by atoms with Gasteiger partial charge in [0.1, 0.15) is 12.1 Å². The molecule has 34 rings (SSSR count). The molecule has 0 saturated carbocycles. The summed E-state index contributed by atoms with van der Waals surface area (Å²) in [6, 6.07) is -2.36. The average molecular weight is 1120 g/mol. The molecular weight excluding hydrogens is 1080 g/mol. The third-order valence-corrected chi connectivity index (χ3v) is 29.5. The number of hydrogen-bond donors (Lipinski definition) is 0. The number of likely N-dealkylation sites (tertiary alicyclic amines) is 2. The molecule has 2 aliphatic heterocycles. The molecule has 2 fully saturated rings. The molecule has 2 spiro atoms. The van der Waals surface area contributed by atoms with Gasteiger partial charge in [0.25, 0.3) is 0 Å². The molecule has 0 N–H and O–H groups in total. The van der Waals surface area contributed by atoms with Gasteiger partial charge in [-0.05, 0) is 339 Å². The summed E-state index contributed by atoms with van der Waals surface area (Å²) in [7, 11) is 3.07. The molecule has 8 heteroatoms. The van der Waals surface area contributed by atoms with Crippen LogP contribution in [0, 0.1) is 0 Å². The van der Waals surface area contributed by atoms with Crippen LogP contribution in [0.1, 0.15) is 86.5 Å². The van der Waals surface area contributed by atoms with E-state index in [1.54, 1.807) is 10.8 Å². The van der Waals surface area contributed by atoms with Gasteiger partial charge >= 0.3 is 11.9 Å². The smallest absolute Gasteiger partial charge is 0.329 e. The Morgan fingerprint density at radius 1 is 0.284 bits per heavy atom. The zero-order valence-corrected chi connectivity index (χ0v) is 47.0. The van der Waals surface area contributed by atoms with E-state index in [0.717, 1.165) is 58.0 Å².